The van der Waals surface area contributed by atoms with Crippen LogP contribution in [0.2, 0.25) is 0 Å². The van der Waals surface area contributed by atoms with Gasteiger partial charge < -0.3 is 19.5 Å². The first-order valence-corrected chi connectivity index (χ1v) is 8.13. The summed E-state index contributed by atoms with van der Waals surface area (Å²) in [5, 5.41) is 2.96. The number of morpholine rings is 1. The van der Waals surface area contributed by atoms with E-state index in [0.717, 1.165) is 38.4 Å². The Morgan fingerprint density at radius 3 is 2.71 bits per heavy atom. The minimum atomic E-state index is -0.116. The van der Waals surface area contributed by atoms with Gasteiger partial charge >= 0.3 is 0 Å². The Labute approximate surface area is 143 Å². The second-order valence-electron chi connectivity index (χ2n) is 5.57. The van der Waals surface area contributed by atoms with Gasteiger partial charge in [-0.15, -0.1) is 6.58 Å². The maximum atomic E-state index is 12.4. The van der Waals surface area contributed by atoms with Gasteiger partial charge in [0, 0.05) is 37.3 Å². The number of benzene rings is 1. The van der Waals surface area contributed by atoms with Gasteiger partial charge in [-0.3, -0.25) is 9.69 Å². The summed E-state index contributed by atoms with van der Waals surface area (Å²) in [5.41, 5.74) is 1.44. The van der Waals surface area contributed by atoms with Crippen molar-refractivity contribution in [1.82, 2.24) is 10.2 Å². The van der Waals surface area contributed by atoms with E-state index < -0.39 is 0 Å². The van der Waals surface area contributed by atoms with Gasteiger partial charge in [0.2, 0.25) is 0 Å². The van der Waals surface area contributed by atoms with Gasteiger partial charge in [-0.05, 0) is 18.6 Å². The molecule has 0 saturated carbocycles. The Bertz CT molecular complexity index is 568. The molecule has 1 N–H and O–H groups in total. The van der Waals surface area contributed by atoms with Crippen LogP contribution in [0, 0.1) is 0 Å². The van der Waals surface area contributed by atoms with Crippen LogP contribution in [0.4, 0.5) is 0 Å². The van der Waals surface area contributed by atoms with Crippen molar-refractivity contribution in [2.24, 2.45) is 0 Å². The Morgan fingerprint density at radius 1 is 1.33 bits per heavy atom. The third-order valence-electron chi connectivity index (χ3n) is 4.00. The molecule has 2 rings (SSSR count). The lowest BCUT2D eigenvalue weighted by Crippen LogP contribution is -2.41. The third-order valence-corrected chi connectivity index (χ3v) is 4.00. The summed E-state index contributed by atoms with van der Waals surface area (Å²) >= 11 is 0. The quantitative estimate of drug-likeness (QED) is 0.730. The van der Waals surface area contributed by atoms with Gasteiger partial charge in [0.25, 0.3) is 5.91 Å². The maximum absolute atomic E-state index is 12.4. The van der Waals surface area contributed by atoms with Crippen LogP contribution in [0.5, 0.6) is 11.5 Å². The van der Waals surface area contributed by atoms with Gasteiger partial charge in [0.15, 0.2) is 11.5 Å². The summed E-state index contributed by atoms with van der Waals surface area (Å²) in [6, 6.07) is 3.53. The summed E-state index contributed by atoms with van der Waals surface area (Å²) in [4.78, 5) is 14.7. The van der Waals surface area contributed by atoms with Gasteiger partial charge in [0.05, 0.1) is 27.4 Å². The standard InChI is InChI=1S/C18H26N2O4/c1-4-5-14-12-15(13-16(22-2)17(14)23-3)18(21)19-6-7-20-8-10-24-11-9-20/h4,12-13H,1,5-11H2,2-3H3,(H,19,21). The minimum Gasteiger partial charge on any atom is -0.493 e. The molecule has 1 heterocycles. The highest BCUT2D eigenvalue weighted by atomic mass is 16.5. The molecule has 0 bridgehead atoms. The molecule has 0 atom stereocenters. The number of carbonyl (C=O) groups excluding carboxylic acids is 1. The van der Waals surface area contributed by atoms with E-state index in [1.807, 2.05) is 6.07 Å². The van der Waals surface area contributed by atoms with Crippen LogP contribution < -0.4 is 14.8 Å². The molecular formula is C18H26N2O4. The first kappa shape index (κ1) is 18.3. The average Bonchev–Trinajstić information content (AvgIpc) is 2.62. The van der Waals surface area contributed by atoms with Crippen molar-refractivity contribution in [2.45, 2.75) is 6.42 Å². The molecule has 24 heavy (non-hydrogen) atoms. The zero-order valence-electron chi connectivity index (χ0n) is 14.5. The smallest absolute Gasteiger partial charge is 0.251 e. The van der Waals surface area contributed by atoms with E-state index in [9.17, 15) is 4.79 Å². The average molecular weight is 334 g/mol. The van der Waals surface area contributed by atoms with Crippen LogP contribution in [-0.2, 0) is 11.2 Å². The summed E-state index contributed by atoms with van der Waals surface area (Å²) < 4.78 is 16.1. The molecule has 1 fully saturated rings. The Hall–Kier alpha value is -2.05. The predicted molar refractivity (Wildman–Crippen MR) is 93.0 cm³/mol. The summed E-state index contributed by atoms with van der Waals surface area (Å²) in [7, 11) is 3.15. The predicted octanol–water partition coefficient (Wildman–Crippen LogP) is 1.49. The van der Waals surface area contributed by atoms with Gasteiger partial charge in [-0.25, -0.2) is 0 Å². The lowest BCUT2D eigenvalue weighted by Gasteiger charge is -2.26. The molecule has 0 radical (unpaired) electrons. The third kappa shape index (κ3) is 4.72. The number of allylic oxidation sites excluding steroid dienone is 1. The molecule has 1 amide bonds. The molecule has 0 unspecified atom stereocenters. The van der Waals surface area contributed by atoms with E-state index in [2.05, 4.69) is 16.8 Å². The van der Waals surface area contributed by atoms with Crippen molar-refractivity contribution in [1.29, 1.82) is 0 Å². The second-order valence-corrected chi connectivity index (χ2v) is 5.57. The van der Waals surface area contributed by atoms with Crippen LogP contribution in [0.15, 0.2) is 24.8 Å². The van der Waals surface area contributed by atoms with E-state index >= 15 is 0 Å². The lowest BCUT2D eigenvalue weighted by molar-refractivity contribution is 0.0383. The topological polar surface area (TPSA) is 60.0 Å². The number of hydrogen-bond donors (Lipinski definition) is 1. The van der Waals surface area contributed by atoms with Crippen molar-refractivity contribution in [2.75, 3.05) is 53.6 Å². The molecule has 132 valence electrons. The van der Waals surface area contributed by atoms with Crippen LogP contribution in [-0.4, -0.2) is 64.4 Å². The SMILES string of the molecule is C=CCc1cc(C(=O)NCCN2CCOCC2)cc(OC)c1OC. The van der Waals surface area contributed by atoms with Gasteiger partial charge in [-0.1, -0.05) is 6.08 Å². The Morgan fingerprint density at radius 2 is 2.08 bits per heavy atom. The first-order chi connectivity index (χ1) is 11.7. The molecule has 1 aliphatic heterocycles. The zero-order valence-corrected chi connectivity index (χ0v) is 14.5. The number of methoxy groups -OCH3 is 2. The number of hydrogen-bond acceptors (Lipinski definition) is 5. The fraction of sp³-hybridized carbons (Fsp3) is 0.500. The maximum Gasteiger partial charge on any atom is 0.251 e. The minimum absolute atomic E-state index is 0.116. The largest absolute Gasteiger partial charge is 0.493 e. The molecule has 1 aliphatic rings. The number of nitrogens with one attached hydrogen (secondary N) is 1. The summed E-state index contributed by atoms with van der Waals surface area (Å²) in [5.74, 6) is 1.08. The molecule has 1 saturated heterocycles. The number of nitrogens with zero attached hydrogens (tertiary/aromatic N) is 1. The van der Waals surface area contributed by atoms with Crippen LogP contribution >= 0.6 is 0 Å². The molecule has 0 aromatic heterocycles. The van der Waals surface area contributed by atoms with Crippen molar-refractivity contribution in [3.05, 3.63) is 35.9 Å². The summed E-state index contributed by atoms with van der Waals surface area (Å²) in [6.07, 6.45) is 2.38. The monoisotopic (exact) mass is 334 g/mol. The second kappa shape index (κ2) is 9.30. The van der Waals surface area contributed by atoms with Crippen molar-refractivity contribution >= 4 is 5.91 Å². The van der Waals surface area contributed by atoms with Gasteiger partial charge in [0.1, 0.15) is 0 Å². The van der Waals surface area contributed by atoms with E-state index in [1.165, 1.54) is 0 Å². The lowest BCUT2D eigenvalue weighted by atomic mass is 10.0. The number of ether oxygens (including phenoxy) is 3. The molecule has 0 spiro atoms. The van der Waals surface area contributed by atoms with Crippen LogP contribution in [0.3, 0.4) is 0 Å². The van der Waals surface area contributed by atoms with E-state index in [-0.39, 0.29) is 5.91 Å². The van der Waals surface area contributed by atoms with Crippen molar-refractivity contribution in [3.8, 4) is 11.5 Å². The molecule has 6 heteroatoms. The number of amides is 1. The molecule has 0 aliphatic carbocycles. The Balaban J connectivity index is 2.02. The highest BCUT2D eigenvalue weighted by Crippen LogP contribution is 2.33. The fourth-order valence-electron chi connectivity index (χ4n) is 2.74. The van der Waals surface area contributed by atoms with Crippen LogP contribution in [0.1, 0.15) is 15.9 Å². The fourth-order valence-corrected chi connectivity index (χ4v) is 2.74. The van der Waals surface area contributed by atoms with Crippen molar-refractivity contribution < 1.29 is 19.0 Å². The van der Waals surface area contributed by atoms with E-state index in [1.54, 1.807) is 26.4 Å². The molecule has 1 aromatic carbocycles. The summed E-state index contributed by atoms with van der Waals surface area (Å²) in [6.45, 7) is 8.51. The van der Waals surface area contributed by atoms with Crippen molar-refractivity contribution in [3.63, 3.8) is 0 Å². The highest BCUT2D eigenvalue weighted by molar-refractivity contribution is 5.95. The Kier molecular flexibility index (Phi) is 7.08. The normalized spacial score (nSPS) is 14.9. The molecule has 1 aromatic rings. The first-order valence-electron chi connectivity index (χ1n) is 8.13. The molecule has 6 nitrogen and oxygen atoms in total. The van der Waals surface area contributed by atoms with E-state index in [4.69, 9.17) is 14.2 Å². The number of rotatable bonds is 8. The molecular weight excluding hydrogens is 308 g/mol. The van der Waals surface area contributed by atoms with E-state index in [0.29, 0.717) is 30.0 Å². The zero-order chi connectivity index (χ0) is 17.4. The van der Waals surface area contributed by atoms with Gasteiger partial charge in [-0.2, -0.15) is 0 Å². The highest BCUT2D eigenvalue weighted by Gasteiger charge is 2.16. The number of carbonyl (C=O) groups is 1. The van der Waals surface area contributed by atoms with Crippen LogP contribution in [0.25, 0.3) is 0 Å².